The molecule has 0 radical (unpaired) electrons. The number of hydrogen-bond acceptors (Lipinski definition) is 3. The van der Waals surface area contributed by atoms with E-state index in [4.69, 9.17) is 0 Å². The molecule has 3 rings (SSSR count). The topological polar surface area (TPSA) is 37.8 Å². The molecule has 0 saturated heterocycles. The molecule has 1 unspecified atom stereocenters. The van der Waals surface area contributed by atoms with Gasteiger partial charge >= 0.3 is 0 Å². The van der Waals surface area contributed by atoms with E-state index in [1.165, 1.54) is 32.1 Å². The van der Waals surface area contributed by atoms with E-state index in [0.717, 1.165) is 5.82 Å². The van der Waals surface area contributed by atoms with E-state index in [1.807, 2.05) is 6.07 Å². The van der Waals surface area contributed by atoms with Crippen LogP contribution in [-0.4, -0.2) is 16.0 Å². The van der Waals surface area contributed by atoms with Crippen molar-refractivity contribution in [1.29, 1.82) is 0 Å². The van der Waals surface area contributed by atoms with Crippen molar-refractivity contribution in [3.05, 3.63) is 18.6 Å². The number of aromatic nitrogens is 2. The molecule has 1 atom stereocenters. The Balaban J connectivity index is 1.65. The summed E-state index contributed by atoms with van der Waals surface area (Å²) in [5.74, 6) is 0.980. The van der Waals surface area contributed by atoms with Gasteiger partial charge in [0.15, 0.2) is 0 Å². The molecule has 0 bridgehead atoms. The maximum Gasteiger partial charge on any atom is 0.129 e. The van der Waals surface area contributed by atoms with Crippen LogP contribution in [0.3, 0.4) is 0 Å². The third-order valence-corrected chi connectivity index (χ3v) is 3.69. The fourth-order valence-corrected chi connectivity index (χ4v) is 2.74. The number of anilines is 1. The maximum absolute atomic E-state index is 4.19. The van der Waals surface area contributed by atoms with Crippen LogP contribution in [0.5, 0.6) is 0 Å². The van der Waals surface area contributed by atoms with Crippen LogP contribution in [0.1, 0.15) is 32.1 Å². The van der Waals surface area contributed by atoms with E-state index in [2.05, 4.69) is 15.3 Å². The van der Waals surface area contributed by atoms with E-state index >= 15 is 0 Å². The monoisotopic (exact) mass is 189 g/mol. The number of nitrogens with one attached hydrogen (secondary N) is 1. The van der Waals surface area contributed by atoms with Crippen LogP contribution < -0.4 is 5.32 Å². The highest BCUT2D eigenvalue weighted by atomic mass is 15.1. The first-order chi connectivity index (χ1) is 6.89. The zero-order valence-electron chi connectivity index (χ0n) is 8.24. The summed E-state index contributed by atoms with van der Waals surface area (Å²) in [5, 5.41) is 3.50. The van der Waals surface area contributed by atoms with E-state index < -0.39 is 0 Å². The first-order valence-electron chi connectivity index (χ1n) is 5.42. The van der Waals surface area contributed by atoms with Gasteiger partial charge in [0.2, 0.25) is 0 Å². The van der Waals surface area contributed by atoms with E-state index in [0.29, 0.717) is 11.5 Å². The van der Waals surface area contributed by atoms with Crippen molar-refractivity contribution in [3.63, 3.8) is 0 Å². The second kappa shape index (κ2) is 2.94. The SMILES string of the molecule is c1cc(NC2CC23CCCC3)ncn1. The van der Waals surface area contributed by atoms with Crippen LogP contribution in [0.4, 0.5) is 5.82 Å². The fraction of sp³-hybridized carbons (Fsp3) is 0.636. The second-order valence-electron chi connectivity index (χ2n) is 4.57. The molecule has 14 heavy (non-hydrogen) atoms. The Morgan fingerprint density at radius 1 is 1.36 bits per heavy atom. The second-order valence-corrected chi connectivity index (χ2v) is 4.57. The van der Waals surface area contributed by atoms with Gasteiger partial charge in [-0.2, -0.15) is 0 Å². The van der Waals surface area contributed by atoms with Gasteiger partial charge in [-0.05, 0) is 30.7 Å². The van der Waals surface area contributed by atoms with Crippen molar-refractivity contribution >= 4 is 5.82 Å². The molecule has 2 fully saturated rings. The van der Waals surface area contributed by atoms with Crippen LogP contribution in [0, 0.1) is 5.41 Å². The molecule has 0 amide bonds. The lowest BCUT2D eigenvalue weighted by atomic mass is 10.1. The van der Waals surface area contributed by atoms with E-state index in [1.54, 1.807) is 12.5 Å². The average Bonchev–Trinajstić information content (AvgIpc) is 2.67. The minimum Gasteiger partial charge on any atom is -0.367 e. The predicted octanol–water partition coefficient (Wildman–Crippen LogP) is 2.22. The lowest BCUT2D eigenvalue weighted by Gasteiger charge is -2.09. The van der Waals surface area contributed by atoms with Gasteiger partial charge in [0.25, 0.3) is 0 Å². The van der Waals surface area contributed by atoms with Gasteiger partial charge in [0, 0.05) is 12.2 Å². The summed E-state index contributed by atoms with van der Waals surface area (Å²) >= 11 is 0. The Morgan fingerprint density at radius 3 is 2.93 bits per heavy atom. The van der Waals surface area contributed by atoms with Crippen molar-refractivity contribution in [2.75, 3.05) is 5.32 Å². The molecular weight excluding hydrogens is 174 g/mol. The molecule has 2 aliphatic rings. The molecular formula is C11H15N3. The molecule has 74 valence electrons. The lowest BCUT2D eigenvalue weighted by molar-refractivity contribution is 0.519. The Bertz CT molecular complexity index is 317. The highest BCUT2D eigenvalue weighted by molar-refractivity contribution is 5.37. The van der Waals surface area contributed by atoms with Crippen molar-refractivity contribution in [2.24, 2.45) is 5.41 Å². The summed E-state index contributed by atoms with van der Waals surface area (Å²) in [7, 11) is 0. The van der Waals surface area contributed by atoms with Gasteiger partial charge in [-0.3, -0.25) is 0 Å². The third-order valence-electron chi connectivity index (χ3n) is 3.69. The van der Waals surface area contributed by atoms with Crippen molar-refractivity contribution in [3.8, 4) is 0 Å². The summed E-state index contributed by atoms with van der Waals surface area (Å²) in [5.41, 5.74) is 0.644. The van der Waals surface area contributed by atoms with Crippen molar-refractivity contribution < 1.29 is 0 Å². The Labute approximate surface area is 84.0 Å². The molecule has 0 aliphatic heterocycles. The van der Waals surface area contributed by atoms with Crippen LogP contribution in [0.15, 0.2) is 18.6 Å². The minimum absolute atomic E-state index is 0.644. The van der Waals surface area contributed by atoms with Gasteiger partial charge in [-0.1, -0.05) is 12.8 Å². The highest BCUT2D eigenvalue weighted by Gasteiger charge is 2.55. The molecule has 3 heteroatoms. The number of rotatable bonds is 2. The van der Waals surface area contributed by atoms with Gasteiger partial charge in [-0.25, -0.2) is 9.97 Å². The minimum atomic E-state index is 0.644. The van der Waals surface area contributed by atoms with Crippen molar-refractivity contribution in [2.45, 2.75) is 38.1 Å². The molecule has 1 aromatic rings. The number of hydrogen-bond donors (Lipinski definition) is 1. The Morgan fingerprint density at radius 2 is 2.21 bits per heavy atom. The molecule has 2 aliphatic carbocycles. The van der Waals surface area contributed by atoms with Crippen LogP contribution in [0.25, 0.3) is 0 Å². The lowest BCUT2D eigenvalue weighted by Crippen LogP contribution is -2.11. The molecule has 1 N–H and O–H groups in total. The fourth-order valence-electron chi connectivity index (χ4n) is 2.74. The quantitative estimate of drug-likeness (QED) is 0.775. The molecule has 1 aromatic heterocycles. The van der Waals surface area contributed by atoms with Gasteiger partial charge in [0.05, 0.1) is 0 Å². The molecule has 1 heterocycles. The first kappa shape index (κ1) is 8.21. The number of nitrogens with zero attached hydrogens (tertiary/aromatic N) is 2. The van der Waals surface area contributed by atoms with Crippen molar-refractivity contribution in [1.82, 2.24) is 9.97 Å². The average molecular weight is 189 g/mol. The third kappa shape index (κ3) is 1.27. The summed E-state index contributed by atoms with van der Waals surface area (Å²) < 4.78 is 0. The summed E-state index contributed by atoms with van der Waals surface area (Å²) in [6.45, 7) is 0. The zero-order chi connectivity index (χ0) is 9.43. The molecule has 2 saturated carbocycles. The van der Waals surface area contributed by atoms with Gasteiger partial charge < -0.3 is 5.32 Å². The molecule has 0 aromatic carbocycles. The summed E-state index contributed by atoms with van der Waals surface area (Å²) in [4.78, 5) is 8.10. The van der Waals surface area contributed by atoms with E-state index in [9.17, 15) is 0 Å². The highest BCUT2D eigenvalue weighted by Crippen LogP contribution is 2.58. The van der Waals surface area contributed by atoms with Crippen LogP contribution >= 0.6 is 0 Å². The predicted molar refractivity (Wildman–Crippen MR) is 55.0 cm³/mol. The summed E-state index contributed by atoms with van der Waals surface area (Å²) in [6.07, 6.45) is 10.4. The Hall–Kier alpha value is -1.12. The molecule has 3 nitrogen and oxygen atoms in total. The van der Waals surface area contributed by atoms with Gasteiger partial charge in [-0.15, -0.1) is 0 Å². The summed E-state index contributed by atoms with van der Waals surface area (Å²) in [6, 6.07) is 2.63. The Kier molecular flexibility index (Phi) is 1.72. The molecule has 1 spiro atoms. The van der Waals surface area contributed by atoms with E-state index in [-0.39, 0.29) is 0 Å². The normalized spacial score (nSPS) is 27.9. The first-order valence-corrected chi connectivity index (χ1v) is 5.42. The smallest absolute Gasteiger partial charge is 0.129 e. The zero-order valence-corrected chi connectivity index (χ0v) is 8.24. The van der Waals surface area contributed by atoms with Crippen LogP contribution in [0.2, 0.25) is 0 Å². The van der Waals surface area contributed by atoms with Crippen LogP contribution in [-0.2, 0) is 0 Å². The maximum atomic E-state index is 4.19. The van der Waals surface area contributed by atoms with Gasteiger partial charge in [0.1, 0.15) is 12.1 Å². The standard InChI is InChI=1S/C11H15N3/c1-2-5-11(4-1)7-9(11)14-10-3-6-12-8-13-10/h3,6,8-9H,1-2,4-5,7H2,(H,12,13,14). The largest absolute Gasteiger partial charge is 0.367 e.